The summed E-state index contributed by atoms with van der Waals surface area (Å²) in [6.07, 6.45) is 0.656. The third-order valence-electron chi connectivity index (χ3n) is 2.65. The quantitative estimate of drug-likeness (QED) is 0.501. The third-order valence-corrected chi connectivity index (χ3v) is 4.91. The van der Waals surface area contributed by atoms with Crippen LogP contribution in [0.5, 0.6) is 0 Å². The number of rotatable bonds is 1. The van der Waals surface area contributed by atoms with Gasteiger partial charge in [-0.1, -0.05) is 0 Å². The SMILES string of the molecule is CC1(NC(=S)N2CC2)CCS(=O)(=O)C1. The number of thiocarbonyl (C=S) groups is 1. The van der Waals surface area contributed by atoms with Crippen LogP contribution < -0.4 is 5.32 Å². The molecule has 6 heteroatoms. The molecule has 1 unspecified atom stereocenters. The maximum absolute atomic E-state index is 11.3. The van der Waals surface area contributed by atoms with Crippen molar-refractivity contribution in [3.63, 3.8) is 0 Å². The predicted molar refractivity (Wildman–Crippen MR) is 59.0 cm³/mol. The van der Waals surface area contributed by atoms with Crippen LogP contribution in [0.4, 0.5) is 0 Å². The maximum atomic E-state index is 11.3. The number of nitrogens with one attached hydrogen (secondary N) is 1. The van der Waals surface area contributed by atoms with Gasteiger partial charge in [-0.15, -0.1) is 0 Å². The number of hydrogen-bond acceptors (Lipinski definition) is 3. The second kappa shape index (κ2) is 3.06. The van der Waals surface area contributed by atoms with Crippen LogP contribution in [-0.2, 0) is 9.84 Å². The van der Waals surface area contributed by atoms with Crippen LogP contribution in [0, 0.1) is 0 Å². The summed E-state index contributed by atoms with van der Waals surface area (Å²) in [6, 6.07) is 0. The summed E-state index contributed by atoms with van der Waals surface area (Å²) < 4.78 is 22.6. The molecule has 0 aromatic heterocycles. The molecule has 2 saturated heterocycles. The summed E-state index contributed by atoms with van der Waals surface area (Å²) >= 11 is 5.14. The Morgan fingerprint density at radius 2 is 2.14 bits per heavy atom. The van der Waals surface area contributed by atoms with Crippen molar-refractivity contribution in [2.45, 2.75) is 18.9 Å². The summed E-state index contributed by atoms with van der Waals surface area (Å²) in [6.45, 7) is 3.91. The molecule has 14 heavy (non-hydrogen) atoms. The molecule has 4 nitrogen and oxygen atoms in total. The molecule has 80 valence electrons. The lowest BCUT2D eigenvalue weighted by atomic mass is 10.0. The Labute approximate surface area is 89.6 Å². The van der Waals surface area contributed by atoms with Crippen LogP contribution in [0.15, 0.2) is 0 Å². The van der Waals surface area contributed by atoms with Crippen LogP contribution in [0.1, 0.15) is 13.3 Å². The Morgan fingerprint density at radius 3 is 2.57 bits per heavy atom. The van der Waals surface area contributed by atoms with Crippen molar-refractivity contribution in [1.29, 1.82) is 0 Å². The molecule has 2 heterocycles. The molecule has 2 aliphatic heterocycles. The molecule has 0 aromatic carbocycles. The van der Waals surface area contributed by atoms with Crippen molar-refractivity contribution in [3.8, 4) is 0 Å². The van der Waals surface area contributed by atoms with Crippen molar-refractivity contribution in [3.05, 3.63) is 0 Å². The number of sulfone groups is 1. The van der Waals surface area contributed by atoms with Crippen molar-refractivity contribution >= 4 is 27.2 Å². The molecule has 1 N–H and O–H groups in total. The zero-order valence-electron chi connectivity index (χ0n) is 8.12. The van der Waals surface area contributed by atoms with E-state index in [0.717, 1.165) is 13.1 Å². The van der Waals surface area contributed by atoms with Gasteiger partial charge >= 0.3 is 0 Å². The summed E-state index contributed by atoms with van der Waals surface area (Å²) in [7, 11) is -2.85. The van der Waals surface area contributed by atoms with E-state index in [1.54, 1.807) is 0 Å². The number of nitrogens with zero attached hydrogens (tertiary/aromatic N) is 1. The van der Waals surface area contributed by atoms with Crippen molar-refractivity contribution in [2.75, 3.05) is 24.6 Å². The average molecular weight is 234 g/mol. The fraction of sp³-hybridized carbons (Fsp3) is 0.875. The summed E-state index contributed by atoms with van der Waals surface area (Å²) in [5.74, 6) is 0.479. The number of hydrogen-bond donors (Lipinski definition) is 1. The fourth-order valence-electron chi connectivity index (χ4n) is 1.70. The van der Waals surface area contributed by atoms with E-state index in [1.165, 1.54) is 0 Å². The summed E-state index contributed by atoms with van der Waals surface area (Å²) in [5, 5.41) is 3.85. The van der Waals surface area contributed by atoms with Gasteiger partial charge in [0.15, 0.2) is 14.9 Å². The van der Waals surface area contributed by atoms with Crippen molar-refractivity contribution in [1.82, 2.24) is 10.2 Å². The Hall–Kier alpha value is -0.360. The van der Waals surface area contributed by atoms with Gasteiger partial charge in [0.25, 0.3) is 0 Å². The molecule has 1 atom stereocenters. The molecule has 0 spiro atoms. The lowest BCUT2D eigenvalue weighted by Crippen LogP contribution is -2.48. The first kappa shape index (κ1) is 10.2. The second-order valence-corrected chi connectivity index (χ2v) is 6.89. The van der Waals surface area contributed by atoms with E-state index in [1.807, 2.05) is 11.8 Å². The van der Waals surface area contributed by atoms with Crippen molar-refractivity contribution < 1.29 is 8.42 Å². The first-order valence-electron chi connectivity index (χ1n) is 4.68. The van der Waals surface area contributed by atoms with Gasteiger partial charge in [-0.25, -0.2) is 8.42 Å². The Morgan fingerprint density at radius 1 is 1.50 bits per heavy atom. The fourth-order valence-corrected chi connectivity index (χ4v) is 4.22. The molecule has 0 aromatic rings. The molecule has 0 aliphatic carbocycles. The average Bonchev–Trinajstić information content (AvgIpc) is 2.79. The zero-order chi connectivity index (χ0) is 10.4. The first-order valence-corrected chi connectivity index (χ1v) is 6.91. The lowest BCUT2D eigenvalue weighted by Gasteiger charge is -2.25. The maximum Gasteiger partial charge on any atom is 0.169 e. The molecule has 2 rings (SSSR count). The minimum atomic E-state index is -2.85. The molecule has 0 saturated carbocycles. The van der Waals surface area contributed by atoms with Gasteiger partial charge in [0.05, 0.1) is 17.0 Å². The molecule has 0 radical (unpaired) electrons. The topological polar surface area (TPSA) is 49.2 Å². The van der Waals surface area contributed by atoms with E-state index in [2.05, 4.69) is 5.32 Å². The van der Waals surface area contributed by atoms with Gasteiger partial charge in [0, 0.05) is 13.1 Å². The van der Waals surface area contributed by atoms with Gasteiger partial charge < -0.3 is 10.2 Å². The molecule has 2 fully saturated rings. The largest absolute Gasteiger partial charge is 0.356 e. The Kier molecular flexibility index (Phi) is 2.23. The standard InChI is InChI=1S/C8H14N2O2S2/c1-8(2-5-14(11,12)6-8)9-7(13)10-3-4-10/h2-6H2,1H3,(H,9,13). The second-order valence-electron chi connectivity index (χ2n) is 4.32. The molecular formula is C8H14N2O2S2. The van der Waals surface area contributed by atoms with Gasteiger partial charge in [-0.3, -0.25) is 0 Å². The van der Waals surface area contributed by atoms with E-state index in [4.69, 9.17) is 12.2 Å². The summed E-state index contributed by atoms with van der Waals surface area (Å²) in [5.41, 5.74) is -0.349. The minimum absolute atomic E-state index is 0.202. The highest BCUT2D eigenvalue weighted by atomic mass is 32.2. The van der Waals surface area contributed by atoms with Gasteiger partial charge in [0.2, 0.25) is 0 Å². The highest BCUT2D eigenvalue weighted by Gasteiger charge is 2.40. The highest BCUT2D eigenvalue weighted by molar-refractivity contribution is 7.91. The van der Waals surface area contributed by atoms with Crippen LogP contribution in [0.3, 0.4) is 0 Å². The normalized spacial score (nSPS) is 34.2. The van der Waals surface area contributed by atoms with Crippen LogP contribution in [-0.4, -0.2) is 48.6 Å². The van der Waals surface area contributed by atoms with Crippen LogP contribution >= 0.6 is 12.2 Å². The first-order chi connectivity index (χ1) is 6.40. The Bertz CT molecular complexity index is 362. The van der Waals surface area contributed by atoms with Crippen LogP contribution in [0.25, 0.3) is 0 Å². The molecule has 0 amide bonds. The summed E-state index contributed by atoms with van der Waals surface area (Å²) in [4.78, 5) is 2.02. The zero-order valence-corrected chi connectivity index (χ0v) is 9.75. The van der Waals surface area contributed by atoms with Gasteiger partial charge in [0.1, 0.15) is 0 Å². The van der Waals surface area contributed by atoms with Crippen LogP contribution in [0.2, 0.25) is 0 Å². The molecular weight excluding hydrogens is 220 g/mol. The predicted octanol–water partition coefficient (Wildman–Crippen LogP) is -0.246. The highest BCUT2D eigenvalue weighted by Crippen LogP contribution is 2.23. The van der Waals surface area contributed by atoms with Gasteiger partial charge in [-0.05, 0) is 25.6 Å². The van der Waals surface area contributed by atoms with Gasteiger partial charge in [-0.2, -0.15) is 0 Å². The minimum Gasteiger partial charge on any atom is -0.356 e. The Balaban J connectivity index is 2.00. The van der Waals surface area contributed by atoms with E-state index in [-0.39, 0.29) is 17.0 Å². The molecule has 0 bridgehead atoms. The third kappa shape index (κ3) is 2.17. The van der Waals surface area contributed by atoms with E-state index in [9.17, 15) is 8.42 Å². The van der Waals surface area contributed by atoms with E-state index >= 15 is 0 Å². The van der Waals surface area contributed by atoms with Crippen molar-refractivity contribution in [2.24, 2.45) is 0 Å². The van der Waals surface area contributed by atoms with E-state index < -0.39 is 9.84 Å². The lowest BCUT2D eigenvalue weighted by molar-refractivity contribution is 0.461. The smallest absolute Gasteiger partial charge is 0.169 e. The monoisotopic (exact) mass is 234 g/mol. The molecule has 2 aliphatic rings. The van der Waals surface area contributed by atoms with E-state index in [0.29, 0.717) is 11.5 Å².